The van der Waals surface area contributed by atoms with Crippen molar-refractivity contribution in [2.75, 3.05) is 31.9 Å². The lowest BCUT2D eigenvalue weighted by Gasteiger charge is -2.40. The number of alkyl carbamates (subject to hydrolysis) is 1. The van der Waals surface area contributed by atoms with Crippen molar-refractivity contribution in [3.05, 3.63) is 35.9 Å². The third kappa shape index (κ3) is 9.89. The third-order valence-electron chi connectivity index (χ3n) is 9.02. The van der Waals surface area contributed by atoms with Gasteiger partial charge in [-0.25, -0.2) is 13.2 Å². The van der Waals surface area contributed by atoms with Crippen LogP contribution < -0.4 is 20.4 Å². The number of sulfone groups is 1. The van der Waals surface area contributed by atoms with E-state index in [1.165, 1.54) is 4.90 Å². The molecule has 2 saturated heterocycles. The quantitative estimate of drug-likeness (QED) is 0.225. The second-order valence-electron chi connectivity index (χ2n) is 13.8. The van der Waals surface area contributed by atoms with E-state index in [0.29, 0.717) is 19.0 Å². The first-order valence-corrected chi connectivity index (χ1v) is 17.8. The van der Waals surface area contributed by atoms with Gasteiger partial charge < -0.3 is 30.3 Å². The van der Waals surface area contributed by atoms with Crippen molar-refractivity contribution in [2.24, 2.45) is 5.92 Å². The van der Waals surface area contributed by atoms with Gasteiger partial charge in [-0.2, -0.15) is 0 Å². The maximum atomic E-state index is 13.6. The average Bonchev–Trinajstić information content (AvgIpc) is 3.22. The highest BCUT2D eigenvalue weighted by Crippen LogP contribution is 2.29. The van der Waals surface area contributed by atoms with Crippen molar-refractivity contribution in [2.45, 2.75) is 115 Å². The molecule has 2 amide bonds. The molecule has 1 aromatic rings. The number of rotatable bonds is 12. The fourth-order valence-electron chi connectivity index (χ4n) is 6.89. The first kappa shape index (κ1) is 35.3. The van der Waals surface area contributed by atoms with Gasteiger partial charge in [0.05, 0.1) is 17.8 Å². The van der Waals surface area contributed by atoms with Crippen molar-refractivity contribution in [3.63, 3.8) is 0 Å². The molecule has 0 radical (unpaired) electrons. The van der Waals surface area contributed by atoms with E-state index < -0.39 is 39.4 Å². The molecule has 5 N–H and O–H groups in total. The van der Waals surface area contributed by atoms with Gasteiger partial charge in [-0.1, -0.05) is 58.0 Å². The second-order valence-corrected chi connectivity index (χ2v) is 16.1. The van der Waals surface area contributed by atoms with E-state index in [0.717, 1.165) is 36.4 Å². The van der Waals surface area contributed by atoms with Crippen LogP contribution in [0.2, 0.25) is 0 Å². The highest BCUT2D eigenvalue weighted by atomic mass is 32.2. The summed E-state index contributed by atoms with van der Waals surface area (Å²) in [7, 11) is -3.33. The molecule has 0 spiro atoms. The maximum absolute atomic E-state index is 13.6. The molecule has 0 bridgehead atoms. The zero-order chi connectivity index (χ0) is 31.9. The Kier molecular flexibility index (Phi) is 12.5. The summed E-state index contributed by atoms with van der Waals surface area (Å²) in [5, 5.41) is 16.9. The van der Waals surface area contributed by atoms with Gasteiger partial charge in [-0.05, 0) is 57.9 Å². The summed E-state index contributed by atoms with van der Waals surface area (Å²) in [5.74, 6) is -0.209. The Morgan fingerprint density at radius 1 is 1.09 bits per heavy atom. The van der Waals surface area contributed by atoms with Gasteiger partial charge in [0.25, 0.3) is 5.91 Å². The first-order chi connectivity index (χ1) is 20.1. The standard InChI is InChI=1S/C32H54N4O6S/c1-8-24(9-2)35-16-17-36(26(20-35)30(38)34-32(5,6)7)21-27(37)25(19-23-13-11-10-12-14-23)33-31(39)42-28-15-18-43(40,41)29(28)22(3)4/h10-14,22,24-29,37H,8-9,15-21H2,1-7H3,(H,33,39)(H,34,38)/p+2. The number of hydrogen-bond donors (Lipinski definition) is 5. The minimum atomic E-state index is -3.33. The molecular formula is C32H56N4O6S+2. The summed E-state index contributed by atoms with van der Waals surface area (Å²) in [6, 6.07) is 9.06. The molecule has 244 valence electrons. The smallest absolute Gasteiger partial charge is 0.407 e. The zero-order valence-electron chi connectivity index (χ0n) is 27.2. The molecule has 2 aliphatic rings. The van der Waals surface area contributed by atoms with Crippen molar-refractivity contribution in [1.82, 2.24) is 10.6 Å². The molecule has 0 aliphatic carbocycles. The fraction of sp³-hybridized carbons (Fsp3) is 0.750. The lowest BCUT2D eigenvalue weighted by molar-refractivity contribution is -1.03. The number of hydrogen-bond acceptors (Lipinski definition) is 6. The fourth-order valence-corrected chi connectivity index (χ4v) is 9.20. The maximum Gasteiger partial charge on any atom is 0.407 e. The highest BCUT2D eigenvalue weighted by Gasteiger charge is 2.45. The SMILES string of the molecule is CCC(CC)[NH+]1CC[NH+](CC(O)C(Cc2ccccc2)NC(=O)OC2CCS(=O)(=O)C2C(C)C)C(C(=O)NC(C)(C)C)C1. The van der Waals surface area contributed by atoms with E-state index in [-0.39, 0.29) is 42.1 Å². The van der Waals surface area contributed by atoms with Crippen LogP contribution in [-0.2, 0) is 25.8 Å². The van der Waals surface area contributed by atoms with Crippen LogP contribution in [0.4, 0.5) is 4.79 Å². The highest BCUT2D eigenvalue weighted by molar-refractivity contribution is 7.92. The summed E-state index contributed by atoms with van der Waals surface area (Å²) in [5.41, 5.74) is 0.561. The average molecular weight is 625 g/mol. The van der Waals surface area contributed by atoms with Crippen LogP contribution in [0.3, 0.4) is 0 Å². The molecule has 3 rings (SSSR count). The Labute approximate surface area is 258 Å². The largest absolute Gasteiger partial charge is 0.445 e. The topological polar surface area (TPSA) is 131 Å². The summed E-state index contributed by atoms with van der Waals surface area (Å²) in [4.78, 5) is 29.2. The van der Waals surface area contributed by atoms with Gasteiger partial charge in [0.2, 0.25) is 6.04 Å². The summed E-state index contributed by atoms with van der Waals surface area (Å²) >= 11 is 0. The molecule has 7 atom stereocenters. The Morgan fingerprint density at radius 3 is 2.33 bits per heavy atom. The molecule has 11 heteroatoms. The van der Waals surface area contributed by atoms with Gasteiger partial charge in [-0.15, -0.1) is 0 Å². The summed E-state index contributed by atoms with van der Waals surface area (Å²) in [6.07, 6.45) is 0.304. The molecule has 7 unspecified atom stereocenters. The van der Waals surface area contributed by atoms with Gasteiger partial charge in [0.1, 0.15) is 43.6 Å². The minimum Gasteiger partial charge on any atom is -0.445 e. The van der Waals surface area contributed by atoms with Crippen LogP contribution in [-0.4, -0.2) is 98.6 Å². The number of quaternary nitrogens is 2. The van der Waals surface area contributed by atoms with E-state index in [2.05, 4.69) is 24.5 Å². The van der Waals surface area contributed by atoms with Crippen LogP contribution in [0.1, 0.15) is 73.3 Å². The van der Waals surface area contributed by atoms with E-state index in [4.69, 9.17) is 4.74 Å². The number of ether oxygens (including phenoxy) is 1. The van der Waals surface area contributed by atoms with Crippen molar-refractivity contribution < 1.29 is 37.7 Å². The molecule has 2 heterocycles. The monoisotopic (exact) mass is 624 g/mol. The molecule has 10 nitrogen and oxygen atoms in total. The van der Waals surface area contributed by atoms with Crippen LogP contribution in [0.25, 0.3) is 0 Å². The predicted octanol–water partition coefficient (Wildman–Crippen LogP) is 0.152. The molecule has 0 saturated carbocycles. The van der Waals surface area contributed by atoms with Gasteiger partial charge in [-0.3, -0.25) is 4.79 Å². The second kappa shape index (κ2) is 15.2. The number of carbonyl (C=O) groups excluding carboxylic acids is 2. The number of amides is 2. The Balaban J connectivity index is 1.79. The number of aliphatic hydroxyl groups is 1. The molecule has 43 heavy (non-hydrogen) atoms. The number of aliphatic hydroxyl groups excluding tert-OH is 1. The van der Waals surface area contributed by atoms with Gasteiger partial charge >= 0.3 is 6.09 Å². The first-order valence-electron chi connectivity index (χ1n) is 16.1. The van der Waals surface area contributed by atoms with Crippen LogP contribution >= 0.6 is 0 Å². The number of benzene rings is 1. The number of piperazine rings is 1. The lowest BCUT2D eigenvalue weighted by Crippen LogP contribution is -3.33. The Bertz CT molecular complexity index is 1150. The molecule has 2 aliphatic heterocycles. The minimum absolute atomic E-state index is 0.00384. The summed E-state index contributed by atoms with van der Waals surface area (Å²) in [6.45, 7) is 16.5. The Hall–Kier alpha value is -2.21. The predicted molar refractivity (Wildman–Crippen MR) is 168 cm³/mol. The van der Waals surface area contributed by atoms with E-state index in [9.17, 15) is 23.1 Å². The van der Waals surface area contributed by atoms with E-state index >= 15 is 0 Å². The van der Waals surface area contributed by atoms with Crippen molar-refractivity contribution in [1.29, 1.82) is 0 Å². The zero-order valence-corrected chi connectivity index (χ0v) is 28.0. The van der Waals surface area contributed by atoms with Gasteiger partial charge in [0.15, 0.2) is 9.84 Å². The number of carbonyl (C=O) groups is 2. The number of nitrogens with one attached hydrogen (secondary N) is 4. The van der Waals surface area contributed by atoms with Crippen LogP contribution in [0.15, 0.2) is 30.3 Å². The molecule has 2 fully saturated rings. The van der Waals surface area contributed by atoms with Crippen molar-refractivity contribution in [3.8, 4) is 0 Å². The lowest BCUT2D eigenvalue weighted by atomic mass is 9.98. The molecule has 0 aromatic heterocycles. The molecular weight excluding hydrogens is 568 g/mol. The van der Waals surface area contributed by atoms with E-state index in [1.54, 1.807) is 0 Å². The van der Waals surface area contributed by atoms with Crippen LogP contribution in [0.5, 0.6) is 0 Å². The Morgan fingerprint density at radius 2 is 1.74 bits per heavy atom. The third-order valence-corrected chi connectivity index (χ3v) is 11.5. The van der Waals surface area contributed by atoms with Crippen molar-refractivity contribution >= 4 is 21.8 Å². The normalized spacial score (nSPS) is 27.1. The van der Waals surface area contributed by atoms with E-state index in [1.807, 2.05) is 65.0 Å². The van der Waals surface area contributed by atoms with Gasteiger partial charge in [0, 0.05) is 5.54 Å². The molecule has 1 aromatic carbocycles. The van der Waals surface area contributed by atoms with Crippen LogP contribution in [0, 0.1) is 5.92 Å². The summed E-state index contributed by atoms with van der Waals surface area (Å²) < 4.78 is 30.8.